The number of nitrogens with one attached hydrogen (secondary N) is 1. The van der Waals surface area contributed by atoms with Crippen molar-refractivity contribution in [2.75, 3.05) is 25.5 Å². The van der Waals surface area contributed by atoms with Gasteiger partial charge in [-0.25, -0.2) is 15.0 Å². The Bertz CT molecular complexity index is 1450. The molecule has 1 amide bonds. The van der Waals surface area contributed by atoms with E-state index in [-0.39, 0.29) is 17.6 Å². The van der Waals surface area contributed by atoms with Gasteiger partial charge in [0, 0.05) is 43.1 Å². The molecule has 4 aromatic rings. The molecule has 0 unspecified atom stereocenters. The van der Waals surface area contributed by atoms with Crippen molar-refractivity contribution in [1.29, 1.82) is 0 Å². The second kappa shape index (κ2) is 9.57. The molecule has 2 aromatic heterocycles. The molecule has 11 heteroatoms. The summed E-state index contributed by atoms with van der Waals surface area (Å²) in [7, 11) is 1.46. The minimum Gasteiger partial charge on any atom is -0.493 e. The number of hydrogen-bond acceptors (Lipinski definition) is 7. The first kappa shape index (κ1) is 24.3. The summed E-state index contributed by atoms with van der Waals surface area (Å²) in [5.74, 6) is 1.74. The monoisotopic (exact) mass is 509 g/mol. The molecule has 1 aliphatic rings. The van der Waals surface area contributed by atoms with Gasteiger partial charge in [-0.1, -0.05) is 6.07 Å². The number of ether oxygens (including phenoxy) is 2. The first-order chi connectivity index (χ1) is 17.7. The fourth-order valence-electron chi connectivity index (χ4n) is 4.08. The number of alkyl halides is 3. The van der Waals surface area contributed by atoms with Crippen molar-refractivity contribution in [2.24, 2.45) is 0 Å². The Hall–Kier alpha value is -4.41. The summed E-state index contributed by atoms with van der Waals surface area (Å²) in [4.78, 5) is 25.5. The van der Waals surface area contributed by atoms with Crippen LogP contribution in [0.1, 0.15) is 24.1 Å². The van der Waals surface area contributed by atoms with Crippen molar-refractivity contribution < 1.29 is 27.4 Å². The number of aromatic nitrogens is 3. The maximum Gasteiger partial charge on any atom is 0.433 e. The highest BCUT2D eigenvalue weighted by Gasteiger charge is 2.32. The normalized spacial score (nSPS) is 13.8. The molecule has 0 spiro atoms. The van der Waals surface area contributed by atoms with Crippen LogP contribution in [0.4, 0.5) is 24.7 Å². The van der Waals surface area contributed by atoms with Gasteiger partial charge in [0.2, 0.25) is 5.91 Å². The molecule has 37 heavy (non-hydrogen) atoms. The Morgan fingerprint density at radius 2 is 1.84 bits per heavy atom. The van der Waals surface area contributed by atoms with E-state index in [1.54, 1.807) is 30.0 Å². The van der Waals surface area contributed by atoms with Crippen molar-refractivity contribution in [1.82, 2.24) is 19.9 Å². The molecule has 1 aliphatic heterocycles. The Morgan fingerprint density at radius 3 is 2.51 bits per heavy atom. The van der Waals surface area contributed by atoms with Gasteiger partial charge in [0.15, 0.2) is 11.5 Å². The third kappa shape index (κ3) is 5.11. The third-order valence-electron chi connectivity index (χ3n) is 6.14. The summed E-state index contributed by atoms with van der Waals surface area (Å²) in [6.45, 7) is 2.94. The molecular formula is C26H22F3N5O3. The van der Waals surface area contributed by atoms with Crippen molar-refractivity contribution in [2.45, 2.75) is 19.0 Å². The first-order valence-corrected chi connectivity index (χ1v) is 11.4. The highest BCUT2D eigenvalue weighted by Crippen LogP contribution is 2.37. The van der Waals surface area contributed by atoms with E-state index in [0.717, 1.165) is 28.7 Å². The highest BCUT2D eigenvalue weighted by atomic mass is 19.4. The second-order valence-electron chi connectivity index (χ2n) is 8.59. The van der Waals surface area contributed by atoms with Crippen LogP contribution in [-0.2, 0) is 11.0 Å². The number of hydrogen-bond donors (Lipinski definition) is 1. The summed E-state index contributed by atoms with van der Waals surface area (Å²) in [5, 5.41) is 4.11. The van der Waals surface area contributed by atoms with E-state index >= 15 is 0 Å². The zero-order valence-corrected chi connectivity index (χ0v) is 19.9. The molecule has 8 nitrogen and oxygen atoms in total. The van der Waals surface area contributed by atoms with E-state index in [1.165, 1.54) is 19.5 Å². The standard InChI is InChI=1S/C26H22F3N5O3/c1-15(35)34-12-17(13-34)16-3-6-21-20(9-16)25(32-14-31-21)33-18-4-7-22(23(10-18)36-2)37-19-5-8-24(30-11-19)26(27,28)29/h3-11,14,17H,12-13H2,1-2H3,(H,31,32,33). The van der Waals surface area contributed by atoms with Crippen molar-refractivity contribution in [3.05, 3.63) is 72.3 Å². The second-order valence-corrected chi connectivity index (χ2v) is 8.59. The average molecular weight is 509 g/mol. The fourth-order valence-corrected chi connectivity index (χ4v) is 4.08. The number of likely N-dealkylation sites (tertiary alicyclic amines) is 1. The molecule has 0 radical (unpaired) electrons. The number of anilines is 2. The van der Waals surface area contributed by atoms with E-state index in [1.807, 2.05) is 18.2 Å². The minimum absolute atomic E-state index is 0.0682. The number of amides is 1. The number of halogens is 3. The summed E-state index contributed by atoms with van der Waals surface area (Å²) in [6.07, 6.45) is -2.05. The SMILES string of the molecule is COc1cc(Nc2ncnc3ccc(C4CN(C(C)=O)C4)cc23)ccc1Oc1ccc(C(F)(F)F)nc1. The number of carbonyl (C=O) groups excluding carboxylic acids is 1. The van der Waals surface area contributed by atoms with Gasteiger partial charge in [0.25, 0.3) is 0 Å². The van der Waals surface area contributed by atoms with Crippen LogP contribution >= 0.6 is 0 Å². The quantitative estimate of drug-likeness (QED) is 0.365. The van der Waals surface area contributed by atoms with Crippen LogP contribution < -0.4 is 14.8 Å². The molecule has 190 valence electrons. The highest BCUT2D eigenvalue weighted by molar-refractivity contribution is 5.91. The number of rotatable bonds is 6. The topological polar surface area (TPSA) is 89.5 Å². The maximum absolute atomic E-state index is 12.8. The van der Waals surface area contributed by atoms with Crippen LogP contribution in [-0.4, -0.2) is 46.0 Å². The van der Waals surface area contributed by atoms with E-state index in [9.17, 15) is 18.0 Å². The molecule has 0 saturated carbocycles. The maximum atomic E-state index is 12.8. The third-order valence-corrected chi connectivity index (χ3v) is 6.14. The number of carbonyl (C=O) groups is 1. The van der Waals surface area contributed by atoms with Gasteiger partial charge in [0.1, 0.15) is 23.6 Å². The Morgan fingerprint density at radius 1 is 1.03 bits per heavy atom. The summed E-state index contributed by atoms with van der Waals surface area (Å²) in [5.41, 5.74) is 1.53. The van der Waals surface area contributed by atoms with Gasteiger partial charge in [-0.2, -0.15) is 13.2 Å². The Labute approximate surface area is 210 Å². The van der Waals surface area contributed by atoms with E-state index in [4.69, 9.17) is 9.47 Å². The van der Waals surface area contributed by atoms with Gasteiger partial charge < -0.3 is 19.7 Å². The van der Waals surface area contributed by atoms with E-state index < -0.39 is 11.9 Å². The zero-order chi connectivity index (χ0) is 26.2. The summed E-state index contributed by atoms with van der Waals surface area (Å²) >= 11 is 0. The van der Waals surface area contributed by atoms with Crippen LogP contribution in [0.3, 0.4) is 0 Å². The zero-order valence-electron chi connectivity index (χ0n) is 19.9. The number of methoxy groups -OCH3 is 1. The van der Waals surface area contributed by atoms with Gasteiger partial charge in [0.05, 0.1) is 18.8 Å². The van der Waals surface area contributed by atoms with Gasteiger partial charge >= 0.3 is 6.18 Å². The number of benzene rings is 2. The number of fused-ring (bicyclic) bond motifs is 1. The van der Waals surface area contributed by atoms with Crippen LogP contribution in [0.15, 0.2) is 61.1 Å². The molecule has 2 aromatic carbocycles. The molecule has 1 N–H and O–H groups in total. The van der Waals surface area contributed by atoms with Crippen molar-refractivity contribution in [3.8, 4) is 17.2 Å². The molecule has 0 aliphatic carbocycles. The molecule has 0 bridgehead atoms. The minimum atomic E-state index is -4.53. The van der Waals surface area contributed by atoms with Crippen LogP contribution in [0.5, 0.6) is 17.2 Å². The first-order valence-electron chi connectivity index (χ1n) is 11.4. The lowest BCUT2D eigenvalue weighted by Gasteiger charge is -2.39. The van der Waals surface area contributed by atoms with Gasteiger partial charge in [-0.15, -0.1) is 0 Å². The fraction of sp³-hybridized carbons (Fsp3) is 0.231. The number of nitrogens with zero attached hydrogens (tertiary/aromatic N) is 4. The molecule has 5 rings (SSSR count). The molecular weight excluding hydrogens is 487 g/mol. The molecule has 1 saturated heterocycles. The predicted octanol–water partition coefficient (Wildman–Crippen LogP) is 5.53. The van der Waals surface area contributed by atoms with E-state index in [0.29, 0.717) is 36.1 Å². The Balaban J connectivity index is 1.36. The van der Waals surface area contributed by atoms with Crippen LogP contribution in [0.25, 0.3) is 10.9 Å². The molecule has 0 atom stereocenters. The van der Waals surface area contributed by atoms with Crippen LogP contribution in [0, 0.1) is 0 Å². The largest absolute Gasteiger partial charge is 0.493 e. The van der Waals surface area contributed by atoms with Crippen LogP contribution in [0.2, 0.25) is 0 Å². The molecule has 1 fully saturated rings. The van der Waals surface area contributed by atoms with Crippen molar-refractivity contribution in [3.63, 3.8) is 0 Å². The van der Waals surface area contributed by atoms with E-state index in [2.05, 4.69) is 20.3 Å². The predicted molar refractivity (Wildman–Crippen MR) is 130 cm³/mol. The van der Waals surface area contributed by atoms with Crippen molar-refractivity contribution >= 4 is 28.3 Å². The molecule has 3 heterocycles. The average Bonchev–Trinajstić information content (AvgIpc) is 2.84. The summed E-state index contributed by atoms with van der Waals surface area (Å²) < 4.78 is 49.4. The Kier molecular flexibility index (Phi) is 6.28. The smallest absolute Gasteiger partial charge is 0.433 e. The van der Waals surface area contributed by atoms with Gasteiger partial charge in [-0.3, -0.25) is 4.79 Å². The number of pyridine rings is 1. The lowest BCUT2D eigenvalue weighted by atomic mass is 9.90. The lowest BCUT2D eigenvalue weighted by Crippen LogP contribution is -2.47. The van der Waals surface area contributed by atoms with Gasteiger partial charge in [-0.05, 0) is 42.0 Å². The summed E-state index contributed by atoms with van der Waals surface area (Å²) in [6, 6.07) is 13.1. The lowest BCUT2D eigenvalue weighted by molar-refractivity contribution is -0.141.